The largest absolute Gasteiger partial charge is 0.299 e. The van der Waals surface area contributed by atoms with Crippen LogP contribution in [-0.4, -0.2) is 17.7 Å². The second-order valence-electron chi connectivity index (χ2n) is 6.58. The number of hydrogen-bond donors (Lipinski definition) is 0. The van der Waals surface area contributed by atoms with Gasteiger partial charge in [-0.05, 0) is 30.3 Å². The molecule has 0 unspecified atom stereocenters. The lowest BCUT2D eigenvalue weighted by Gasteiger charge is -2.46. The van der Waals surface area contributed by atoms with Crippen molar-refractivity contribution in [2.24, 2.45) is 11.8 Å². The van der Waals surface area contributed by atoms with Crippen molar-refractivity contribution in [1.29, 1.82) is 0 Å². The molecule has 0 aliphatic carbocycles. The highest BCUT2D eigenvalue weighted by Gasteiger charge is 2.45. The maximum atomic E-state index is 12.9. The standard InChI is InChI=1S/C20H21Cl2NO/c1-12-18(14-8-4-6-10-16(14)21)23(3)19(13(2)20(12)24)15-9-5-7-11-17(15)22/h4-13,18-19H,1-3H3/t12-,13+,18+,19-. The van der Waals surface area contributed by atoms with Crippen molar-refractivity contribution in [2.75, 3.05) is 7.05 Å². The zero-order chi connectivity index (χ0) is 17.4. The number of hydrogen-bond acceptors (Lipinski definition) is 2. The molecule has 3 rings (SSSR count). The first-order valence-corrected chi connectivity index (χ1v) is 8.93. The summed E-state index contributed by atoms with van der Waals surface area (Å²) >= 11 is 12.9. The maximum Gasteiger partial charge on any atom is 0.142 e. The Morgan fingerprint density at radius 3 is 1.54 bits per heavy atom. The Balaban J connectivity index is 2.10. The van der Waals surface area contributed by atoms with E-state index >= 15 is 0 Å². The van der Waals surface area contributed by atoms with Crippen LogP contribution < -0.4 is 0 Å². The first-order chi connectivity index (χ1) is 11.4. The molecule has 0 radical (unpaired) electrons. The number of benzene rings is 2. The van der Waals surface area contributed by atoms with E-state index in [2.05, 4.69) is 11.9 Å². The van der Waals surface area contributed by atoms with Crippen LogP contribution in [0.2, 0.25) is 10.0 Å². The highest BCUT2D eigenvalue weighted by molar-refractivity contribution is 6.31. The summed E-state index contributed by atoms with van der Waals surface area (Å²) in [6.45, 7) is 3.98. The third-order valence-electron chi connectivity index (χ3n) is 5.17. The lowest BCUT2D eigenvalue weighted by Crippen LogP contribution is -2.47. The average Bonchev–Trinajstić information content (AvgIpc) is 2.56. The molecule has 2 aromatic carbocycles. The van der Waals surface area contributed by atoms with Gasteiger partial charge in [0.25, 0.3) is 0 Å². The summed E-state index contributed by atoms with van der Waals surface area (Å²) in [6.07, 6.45) is 0. The van der Waals surface area contributed by atoms with Gasteiger partial charge in [0, 0.05) is 34.0 Å². The molecule has 0 bridgehead atoms. The van der Waals surface area contributed by atoms with Crippen LogP contribution in [0, 0.1) is 11.8 Å². The molecule has 0 spiro atoms. The van der Waals surface area contributed by atoms with Crippen molar-refractivity contribution in [3.8, 4) is 0 Å². The van der Waals surface area contributed by atoms with Gasteiger partial charge in [-0.15, -0.1) is 0 Å². The van der Waals surface area contributed by atoms with Gasteiger partial charge in [-0.25, -0.2) is 0 Å². The number of carbonyl (C=O) groups is 1. The van der Waals surface area contributed by atoms with Gasteiger partial charge in [0.2, 0.25) is 0 Å². The van der Waals surface area contributed by atoms with Gasteiger partial charge in [-0.3, -0.25) is 9.69 Å². The second-order valence-corrected chi connectivity index (χ2v) is 7.39. The molecule has 0 N–H and O–H groups in total. The Kier molecular flexibility index (Phi) is 5.00. The number of halogens is 2. The van der Waals surface area contributed by atoms with E-state index in [0.717, 1.165) is 11.1 Å². The lowest BCUT2D eigenvalue weighted by molar-refractivity contribution is -0.136. The van der Waals surface area contributed by atoms with Gasteiger partial charge >= 0.3 is 0 Å². The number of rotatable bonds is 2. The van der Waals surface area contributed by atoms with Crippen molar-refractivity contribution < 1.29 is 4.79 Å². The highest BCUT2D eigenvalue weighted by atomic mass is 35.5. The topological polar surface area (TPSA) is 20.3 Å². The monoisotopic (exact) mass is 361 g/mol. The molecule has 2 aromatic rings. The Morgan fingerprint density at radius 1 is 0.792 bits per heavy atom. The van der Waals surface area contributed by atoms with Crippen LogP contribution >= 0.6 is 23.2 Å². The number of likely N-dealkylation sites (tertiary alicyclic amines) is 1. The van der Waals surface area contributed by atoms with Gasteiger partial charge in [0.05, 0.1) is 0 Å². The van der Waals surface area contributed by atoms with Gasteiger partial charge in [0.15, 0.2) is 0 Å². The Morgan fingerprint density at radius 2 is 1.17 bits per heavy atom. The van der Waals surface area contributed by atoms with Gasteiger partial charge in [-0.1, -0.05) is 73.4 Å². The first kappa shape index (κ1) is 17.5. The normalized spacial score (nSPS) is 28.1. The van der Waals surface area contributed by atoms with E-state index in [1.165, 1.54) is 0 Å². The molecule has 1 saturated heterocycles. The van der Waals surface area contributed by atoms with Crippen LogP contribution in [0.15, 0.2) is 48.5 Å². The molecule has 4 heteroatoms. The second kappa shape index (κ2) is 6.87. The van der Waals surface area contributed by atoms with E-state index in [1.54, 1.807) is 0 Å². The van der Waals surface area contributed by atoms with E-state index in [1.807, 2.05) is 62.4 Å². The molecular weight excluding hydrogens is 341 g/mol. The van der Waals surface area contributed by atoms with Crippen LogP contribution in [0.4, 0.5) is 0 Å². The molecule has 126 valence electrons. The van der Waals surface area contributed by atoms with Crippen LogP contribution in [-0.2, 0) is 4.79 Å². The number of piperidine rings is 1. The van der Waals surface area contributed by atoms with E-state index < -0.39 is 0 Å². The van der Waals surface area contributed by atoms with Crippen molar-refractivity contribution in [3.05, 3.63) is 69.7 Å². The third kappa shape index (κ3) is 2.88. The molecule has 1 aliphatic rings. The van der Waals surface area contributed by atoms with Gasteiger partial charge in [0.1, 0.15) is 5.78 Å². The number of nitrogens with zero attached hydrogens (tertiary/aromatic N) is 1. The minimum atomic E-state index is -0.122. The maximum absolute atomic E-state index is 12.9. The summed E-state index contributed by atoms with van der Waals surface area (Å²) in [5.41, 5.74) is 1.98. The summed E-state index contributed by atoms with van der Waals surface area (Å²) in [5, 5.41) is 1.39. The Bertz CT molecular complexity index is 699. The summed E-state index contributed by atoms with van der Waals surface area (Å²) < 4.78 is 0. The summed E-state index contributed by atoms with van der Waals surface area (Å²) in [7, 11) is 2.06. The fourth-order valence-corrected chi connectivity index (χ4v) is 4.51. The van der Waals surface area contributed by atoms with Crippen LogP contribution in [0.1, 0.15) is 37.1 Å². The van der Waals surface area contributed by atoms with E-state index in [4.69, 9.17) is 23.2 Å². The van der Waals surface area contributed by atoms with Crippen LogP contribution in [0.5, 0.6) is 0 Å². The summed E-state index contributed by atoms with van der Waals surface area (Å²) in [4.78, 5) is 15.2. The van der Waals surface area contributed by atoms with Crippen LogP contribution in [0.3, 0.4) is 0 Å². The molecule has 2 nitrogen and oxygen atoms in total. The number of carbonyl (C=O) groups excluding carboxylic acids is 1. The molecule has 0 aromatic heterocycles. The zero-order valence-corrected chi connectivity index (χ0v) is 15.6. The smallest absolute Gasteiger partial charge is 0.142 e. The molecule has 1 heterocycles. The molecule has 24 heavy (non-hydrogen) atoms. The van der Waals surface area contributed by atoms with E-state index in [-0.39, 0.29) is 29.7 Å². The molecule has 0 saturated carbocycles. The highest BCUT2D eigenvalue weighted by Crippen LogP contribution is 2.47. The van der Waals surface area contributed by atoms with Crippen LogP contribution in [0.25, 0.3) is 0 Å². The molecule has 1 aliphatic heterocycles. The molecule has 4 atom stereocenters. The van der Waals surface area contributed by atoms with Crippen molar-refractivity contribution in [1.82, 2.24) is 4.90 Å². The van der Waals surface area contributed by atoms with Crippen molar-refractivity contribution >= 4 is 29.0 Å². The van der Waals surface area contributed by atoms with Gasteiger partial charge < -0.3 is 0 Å². The lowest BCUT2D eigenvalue weighted by atomic mass is 9.75. The average molecular weight is 362 g/mol. The van der Waals surface area contributed by atoms with Gasteiger partial charge in [-0.2, -0.15) is 0 Å². The van der Waals surface area contributed by atoms with Crippen molar-refractivity contribution in [3.63, 3.8) is 0 Å². The fourth-order valence-electron chi connectivity index (χ4n) is 4.01. The molecule has 0 amide bonds. The van der Waals surface area contributed by atoms with E-state index in [9.17, 15) is 4.79 Å². The Hall–Kier alpha value is -1.35. The predicted octanol–water partition coefficient (Wildman–Crippen LogP) is 5.56. The Labute approximate surface area is 153 Å². The molecular formula is C20H21Cl2NO. The predicted molar refractivity (Wildman–Crippen MR) is 99.5 cm³/mol. The van der Waals surface area contributed by atoms with Crippen molar-refractivity contribution in [2.45, 2.75) is 25.9 Å². The first-order valence-electron chi connectivity index (χ1n) is 8.18. The minimum absolute atomic E-state index is 0.0660. The number of Topliss-reactive ketones (excluding diaryl/α,β-unsaturated/α-hetero) is 1. The summed E-state index contributed by atoms with van der Waals surface area (Å²) in [5.74, 6) is 0.00946. The van der Waals surface area contributed by atoms with E-state index in [0.29, 0.717) is 10.0 Å². The minimum Gasteiger partial charge on any atom is -0.299 e. The SMILES string of the molecule is C[C@@H]1C(=O)[C@H](C)[C@@H](c2ccccc2Cl)N(C)[C@H]1c1ccccc1Cl. The number of ketones is 1. The summed E-state index contributed by atoms with van der Waals surface area (Å²) in [6, 6.07) is 15.4. The zero-order valence-electron chi connectivity index (χ0n) is 14.0. The quantitative estimate of drug-likeness (QED) is 0.697. The third-order valence-corrected chi connectivity index (χ3v) is 5.86. The molecule has 1 fully saturated rings. The fraction of sp³-hybridized carbons (Fsp3) is 0.350.